The van der Waals surface area contributed by atoms with Crippen LogP contribution in [0.5, 0.6) is 5.75 Å². The second-order valence-electron chi connectivity index (χ2n) is 8.14. The molecular formula is C27H28F3NO4. The number of methoxy groups -OCH3 is 2. The van der Waals surface area contributed by atoms with Gasteiger partial charge < -0.3 is 19.9 Å². The third kappa shape index (κ3) is 6.41. The molecule has 5 nitrogen and oxygen atoms in total. The van der Waals surface area contributed by atoms with Crippen molar-refractivity contribution < 1.29 is 32.5 Å². The first kappa shape index (κ1) is 26.2. The number of hydrogen-bond acceptors (Lipinski definition) is 5. The predicted molar refractivity (Wildman–Crippen MR) is 127 cm³/mol. The Balaban J connectivity index is 1.96. The molecule has 0 bridgehead atoms. The molecule has 3 rings (SSSR count). The number of carbonyl (C=O) groups is 1. The third-order valence-electron chi connectivity index (χ3n) is 5.83. The SMILES string of the molecule is COC(=O)Cc1cc(-c2ccccc2CN[C@@H](C)[C@@H](O)c2ccccc2)c(OC)cc1C(F)(F)F. The fraction of sp³-hybridized carbons (Fsp3) is 0.296. The lowest BCUT2D eigenvalue weighted by molar-refractivity contribution is -0.141. The fourth-order valence-electron chi connectivity index (χ4n) is 3.90. The van der Waals surface area contributed by atoms with E-state index in [-0.39, 0.29) is 17.4 Å². The minimum Gasteiger partial charge on any atom is -0.496 e. The van der Waals surface area contributed by atoms with Crippen molar-refractivity contribution in [3.63, 3.8) is 0 Å². The van der Waals surface area contributed by atoms with E-state index in [0.29, 0.717) is 17.7 Å². The third-order valence-corrected chi connectivity index (χ3v) is 5.83. The summed E-state index contributed by atoms with van der Waals surface area (Å²) >= 11 is 0. The second kappa shape index (κ2) is 11.4. The quantitative estimate of drug-likeness (QED) is 0.401. The molecule has 2 atom stereocenters. The monoisotopic (exact) mass is 487 g/mol. The summed E-state index contributed by atoms with van der Waals surface area (Å²) in [5.74, 6) is -0.735. The largest absolute Gasteiger partial charge is 0.496 e. The molecule has 3 aromatic carbocycles. The van der Waals surface area contributed by atoms with Gasteiger partial charge in [-0.25, -0.2) is 0 Å². The zero-order valence-electron chi connectivity index (χ0n) is 19.7. The van der Waals surface area contributed by atoms with Gasteiger partial charge in [0.05, 0.1) is 32.3 Å². The Hall–Kier alpha value is -3.36. The van der Waals surface area contributed by atoms with Crippen LogP contribution in [0.25, 0.3) is 11.1 Å². The number of benzene rings is 3. The van der Waals surface area contributed by atoms with E-state index in [1.807, 2.05) is 49.4 Å². The van der Waals surface area contributed by atoms with E-state index in [4.69, 9.17) is 4.74 Å². The van der Waals surface area contributed by atoms with Crippen LogP contribution in [0, 0.1) is 0 Å². The topological polar surface area (TPSA) is 67.8 Å². The van der Waals surface area contributed by atoms with Crippen molar-refractivity contribution in [2.75, 3.05) is 14.2 Å². The number of aliphatic hydroxyl groups is 1. The Morgan fingerprint density at radius 2 is 1.63 bits per heavy atom. The van der Waals surface area contributed by atoms with Gasteiger partial charge in [0.25, 0.3) is 0 Å². The molecular weight excluding hydrogens is 459 g/mol. The van der Waals surface area contributed by atoms with E-state index in [9.17, 15) is 23.1 Å². The molecule has 0 saturated carbocycles. The molecule has 0 fully saturated rings. The average Bonchev–Trinajstić information content (AvgIpc) is 2.86. The van der Waals surface area contributed by atoms with Gasteiger partial charge in [0.2, 0.25) is 0 Å². The molecule has 0 spiro atoms. The Labute approximate surface area is 202 Å². The highest BCUT2D eigenvalue weighted by molar-refractivity contribution is 5.78. The number of nitrogens with one attached hydrogen (secondary N) is 1. The molecule has 0 amide bonds. The first-order valence-electron chi connectivity index (χ1n) is 11.0. The minimum atomic E-state index is -4.67. The lowest BCUT2D eigenvalue weighted by Crippen LogP contribution is -2.31. The number of alkyl halides is 3. The van der Waals surface area contributed by atoms with Crippen molar-refractivity contribution in [1.82, 2.24) is 5.32 Å². The molecule has 186 valence electrons. The molecule has 0 saturated heterocycles. The van der Waals surface area contributed by atoms with Crippen LogP contribution in [0.3, 0.4) is 0 Å². The van der Waals surface area contributed by atoms with E-state index < -0.39 is 30.2 Å². The lowest BCUT2D eigenvalue weighted by atomic mass is 9.93. The number of halogens is 3. The van der Waals surface area contributed by atoms with Crippen LogP contribution in [0.2, 0.25) is 0 Å². The summed E-state index contributed by atoms with van der Waals surface area (Å²) < 4.78 is 51.1. The van der Waals surface area contributed by atoms with Crippen LogP contribution in [0.1, 0.15) is 35.3 Å². The number of esters is 1. The van der Waals surface area contributed by atoms with E-state index in [1.54, 1.807) is 12.1 Å². The van der Waals surface area contributed by atoms with Crippen LogP contribution in [0.15, 0.2) is 66.7 Å². The van der Waals surface area contributed by atoms with Crippen molar-refractivity contribution in [2.24, 2.45) is 0 Å². The fourth-order valence-corrected chi connectivity index (χ4v) is 3.90. The Kier molecular flexibility index (Phi) is 8.53. The summed E-state index contributed by atoms with van der Waals surface area (Å²) in [5.41, 5.74) is 1.50. The Morgan fingerprint density at radius 1 is 0.971 bits per heavy atom. The summed E-state index contributed by atoms with van der Waals surface area (Å²) in [6.07, 6.45) is -5.93. The van der Waals surface area contributed by atoms with E-state index in [2.05, 4.69) is 10.1 Å². The average molecular weight is 488 g/mol. The van der Waals surface area contributed by atoms with E-state index in [0.717, 1.165) is 24.3 Å². The van der Waals surface area contributed by atoms with Crippen LogP contribution in [-0.4, -0.2) is 31.3 Å². The van der Waals surface area contributed by atoms with Gasteiger partial charge in [0.1, 0.15) is 5.75 Å². The van der Waals surface area contributed by atoms with Crippen LogP contribution in [0.4, 0.5) is 13.2 Å². The first-order valence-corrected chi connectivity index (χ1v) is 11.0. The number of aliphatic hydroxyl groups excluding tert-OH is 1. The molecule has 0 radical (unpaired) electrons. The van der Waals surface area contributed by atoms with Gasteiger partial charge in [-0.1, -0.05) is 54.6 Å². The standard InChI is InChI=1S/C27H28F3NO4/c1-17(26(33)18-9-5-4-6-10-18)31-16-19-11-7-8-12-21(19)22-13-20(14-25(32)35-3)23(27(28,29)30)15-24(22)34-2/h4-13,15,17,26,31,33H,14,16H2,1-3H3/t17-,26+/m0/s1. The number of hydrogen-bond donors (Lipinski definition) is 2. The van der Waals surface area contributed by atoms with Gasteiger partial charge >= 0.3 is 12.1 Å². The maximum absolute atomic E-state index is 13.7. The number of rotatable bonds is 9. The molecule has 0 aromatic heterocycles. The first-order chi connectivity index (χ1) is 16.7. The van der Waals surface area contributed by atoms with E-state index >= 15 is 0 Å². The Morgan fingerprint density at radius 3 is 2.26 bits per heavy atom. The number of carbonyl (C=O) groups excluding carboxylic acids is 1. The van der Waals surface area contributed by atoms with Crippen molar-refractivity contribution in [3.8, 4) is 16.9 Å². The molecule has 0 heterocycles. The van der Waals surface area contributed by atoms with Crippen LogP contribution < -0.4 is 10.1 Å². The summed E-state index contributed by atoms with van der Waals surface area (Å²) in [6, 6.07) is 18.4. The molecule has 8 heteroatoms. The molecule has 0 aliphatic carbocycles. The molecule has 0 unspecified atom stereocenters. The normalized spacial score (nSPS) is 13.2. The van der Waals surface area contributed by atoms with E-state index in [1.165, 1.54) is 13.2 Å². The van der Waals surface area contributed by atoms with Gasteiger partial charge in [0.15, 0.2) is 0 Å². The van der Waals surface area contributed by atoms with Crippen molar-refractivity contribution in [1.29, 1.82) is 0 Å². The second-order valence-corrected chi connectivity index (χ2v) is 8.14. The van der Waals surface area contributed by atoms with Crippen molar-refractivity contribution in [3.05, 3.63) is 89.0 Å². The van der Waals surface area contributed by atoms with Gasteiger partial charge in [-0.05, 0) is 41.3 Å². The molecule has 2 N–H and O–H groups in total. The Bertz CT molecular complexity index is 1150. The highest BCUT2D eigenvalue weighted by Crippen LogP contribution is 2.41. The zero-order chi connectivity index (χ0) is 25.6. The number of ether oxygens (including phenoxy) is 2. The molecule has 0 aliphatic heterocycles. The maximum Gasteiger partial charge on any atom is 0.416 e. The molecule has 0 aliphatic rings. The van der Waals surface area contributed by atoms with Gasteiger partial charge in [-0.15, -0.1) is 0 Å². The van der Waals surface area contributed by atoms with Gasteiger partial charge in [-0.3, -0.25) is 4.79 Å². The zero-order valence-corrected chi connectivity index (χ0v) is 19.7. The lowest BCUT2D eigenvalue weighted by Gasteiger charge is -2.22. The van der Waals surface area contributed by atoms with Gasteiger partial charge in [-0.2, -0.15) is 13.2 Å². The smallest absolute Gasteiger partial charge is 0.416 e. The summed E-state index contributed by atoms with van der Waals surface area (Å²) in [4.78, 5) is 11.8. The highest BCUT2D eigenvalue weighted by Gasteiger charge is 2.35. The van der Waals surface area contributed by atoms with Crippen molar-refractivity contribution in [2.45, 2.75) is 38.2 Å². The predicted octanol–water partition coefficient (Wildman–Crippen LogP) is 5.31. The van der Waals surface area contributed by atoms with Crippen LogP contribution in [-0.2, 0) is 28.7 Å². The molecule has 3 aromatic rings. The maximum atomic E-state index is 13.7. The highest BCUT2D eigenvalue weighted by atomic mass is 19.4. The summed E-state index contributed by atoms with van der Waals surface area (Å²) in [7, 11) is 2.43. The van der Waals surface area contributed by atoms with Crippen LogP contribution >= 0.6 is 0 Å². The summed E-state index contributed by atoms with van der Waals surface area (Å²) in [5, 5.41) is 13.9. The molecule has 35 heavy (non-hydrogen) atoms. The summed E-state index contributed by atoms with van der Waals surface area (Å²) in [6.45, 7) is 2.20. The van der Waals surface area contributed by atoms with Crippen molar-refractivity contribution >= 4 is 5.97 Å². The van der Waals surface area contributed by atoms with Gasteiger partial charge in [0, 0.05) is 18.2 Å². The minimum absolute atomic E-state index is 0.0377.